The van der Waals surface area contributed by atoms with Gasteiger partial charge in [-0.1, -0.05) is 12.1 Å². The molecule has 3 aromatic rings. The number of H-pyrrole nitrogens is 1. The summed E-state index contributed by atoms with van der Waals surface area (Å²) >= 11 is 0. The highest BCUT2D eigenvalue weighted by molar-refractivity contribution is 5.73. The lowest BCUT2D eigenvalue weighted by Crippen LogP contribution is -2.21. The van der Waals surface area contributed by atoms with Crippen molar-refractivity contribution >= 4 is 5.69 Å². The monoisotopic (exact) mass is 431 g/mol. The zero-order valence-electron chi connectivity index (χ0n) is 18.5. The van der Waals surface area contributed by atoms with E-state index in [2.05, 4.69) is 16.3 Å². The van der Waals surface area contributed by atoms with E-state index in [1.165, 1.54) is 0 Å². The third-order valence-electron chi connectivity index (χ3n) is 5.43. The maximum atomic E-state index is 9.89. The summed E-state index contributed by atoms with van der Waals surface area (Å²) in [4.78, 5) is 2.02. The summed E-state index contributed by atoms with van der Waals surface area (Å²) in [7, 11) is 5.56. The largest absolute Gasteiger partial charge is 0.493 e. The summed E-state index contributed by atoms with van der Waals surface area (Å²) in [6.07, 6.45) is 0. The fourth-order valence-corrected chi connectivity index (χ4v) is 3.86. The Hall–Kier alpha value is -4.12. The van der Waals surface area contributed by atoms with Gasteiger partial charge in [0.25, 0.3) is 0 Å². The lowest BCUT2D eigenvalue weighted by atomic mass is 9.83. The Morgan fingerprint density at radius 2 is 1.94 bits per heavy atom. The van der Waals surface area contributed by atoms with Crippen LogP contribution in [-0.2, 0) is 0 Å². The van der Waals surface area contributed by atoms with Crippen molar-refractivity contribution in [2.45, 2.75) is 12.8 Å². The number of fused-ring (bicyclic) bond motifs is 1. The molecule has 8 nitrogen and oxygen atoms in total. The Morgan fingerprint density at radius 1 is 1.19 bits per heavy atom. The van der Waals surface area contributed by atoms with E-state index in [9.17, 15) is 5.26 Å². The lowest BCUT2D eigenvalue weighted by Gasteiger charge is -2.24. The number of hydrogen-bond acceptors (Lipinski definition) is 7. The predicted molar refractivity (Wildman–Crippen MR) is 122 cm³/mol. The molecule has 32 heavy (non-hydrogen) atoms. The summed E-state index contributed by atoms with van der Waals surface area (Å²) in [6, 6.07) is 15.9. The normalized spacial score (nSPS) is 14.9. The molecule has 1 aliphatic heterocycles. The van der Waals surface area contributed by atoms with E-state index in [4.69, 9.17) is 19.9 Å². The molecule has 8 heteroatoms. The summed E-state index contributed by atoms with van der Waals surface area (Å²) in [5, 5.41) is 17.3. The van der Waals surface area contributed by atoms with Crippen molar-refractivity contribution in [1.29, 1.82) is 5.26 Å². The van der Waals surface area contributed by atoms with Crippen LogP contribution in [0.15, 0.2) is 53.9 Å². The first-order chi connectivity index (χ1) is 15.5. The number of ether oxygens (including phenoxy) is 3. The van der Waals surface area contributed by atoms with Crippen molar-refractivity contribution in [3.8, 4) is 34.7 Å². The first-order valence-electron chi connectivity index (χ1n) is 10.2. The SMILES string of the molecule is CCOc1ccc(-c2[nH]nc3c2[C@H](c2ccc(N(C)C)cc2)C(C#N)=C(N)O3)cc1OC. The molecular weight excluding hydrogens is 406 g/mol. The number of allylic oxidation sites excluding steroid dienone is 1. The Kier molecular flexibility index (Phi) is 5.65. The van der Waals surface area contributed by atoms with E-state index in [-0.39, 0.29) is 5.88 Å². The van der Waals surface area contributed by atoms with Gasteiger partial charge in [0, 0.05) is 25.3 Å². The number of nitriles is 1. The van der Waals surface area contributed by atoms with Crippen molar-refractivity contribution < 1.29 is 14.2 Å². The number of nitrogens with two attached hydrogens (primary N) is 1. The van der Waals surface area contributed by atoms with Gasteiger partial charge in [-0.15, -0.1) is 5.10 Å². The predicted octanol–water partition coefficient (Wildman–Crippen LogP) is 3.77. The van der Waals surface area contributed by atoms with Gasteiger partial charge in [-0.05, 0) is 42.8 Å². The third kappa shape index (κ3) is 3.58. The number of aromatic amines is 1. The minimum atomic E-state index is -0.425. The smallest absolute Gasteiger partial charge is 0.244 e. The number of nitrogens with zero attached hydrogens (tertiary/aromatic N) is 3. The lowest BCUT2D eigenvalue weighted by molar-refractivity contribution is 0.311. The van der Waals surface area contributed by atoms with Crippen LogP contribution in [0.2, 0.25) is 0 Å². The quantitative estimate of drug-likeness (QED) is 0.611. The molecule has 2 heterocycles. The zero-order valence-corrected chi connectivity index (χ0v) is 18.5. The molecule has 164 valence electrons. The van der Waals surface area contributed by atoms with E-state index in [0.717, 1.165) is 28.1 Å². The van der Waals surface area contributed by atoms with Gasteiger partial charge < -0.3 is 24.8 Å². The van der Waals surface area contributed by atoms with Gasteiger partial charge in [0.05, 0.1) is 30.9 Å². The third-order valence-corrected chi connectivity index (χ3v) is 5.43. The standard InChI is InChI=1S/C24H25N5O3/c1-5-31-18-11-8-15(12-19(18)30-4)22-21-20(14-6-9-16(10-7-14)29(2)3)17(13-25)23(26)32-24(21)28-27-22/h6-12,20H,5,26H2,1-4H3,(H,27,28)/t20-/m1/s1. The number of nitrogens with one attached hydrogen (secondary N) is 1. The number of benzene rings is 2. The van der Waals surface area contributed by atoms with E-state index >= 15 is 0 Å². The Morgan fingerprint density at radius 3 is 2.56 bits per heavy atom. The Bertz CT molecular complexity index is 1210. The average molecular weight is 431 g/mol. The fourth-order valence-electron chi connectivity index (χ4n) is 3.86. The van der Waals surface area contributed by atoms with Gasteiger partial charge in [-0.3, -0.25) is 5.10 Å². The summed E-state index contributed by atoms with van der Waals surface area (Å²) < 4.78 is 16.8. The summed E-state index contributed by atoms with van der Waals surface area (Å²) in [5.41, 5.74) is 10.7. The molecule has 0 saturated carbocycles. The van der Waals surface area contributed by atoms with Crippen LogP contribution in [-0.4, -0.2) is 38.0 Å². The molecule has 1 atom stereocenters. The molecule has 0 fully saturated rings. The molecule has 1 aliphatic rings. The second-order valence-corrected chi connectivity index (χ2v) is 7.53. The minimum Gasteiger partial charge on any atom is -0.493 e. The van der Waals surface area contributed by atoms with Crippen molar-refractivity contribution in [3.05, 3.63) is 65.0 Å². The van der Waals surface area contributed by atoms with Gasteiger partial charge >= 0.3 is 0 Å². The van der Waals surface area contributed by atoms with Crippen LogP contribution in [0.1, 0.15) is 24.0 Å². The van der Waals surface area contributed by atoms with Crippen LogP contribution >= 0.6 is 0 Å². The maximum Gasteiger partial charge on any atom is 0.244 e. The first kappa shape index (κ1) is 21.1. The van der Waals surface area contributed by atoms with Crippen LogP contribution in [0.3, 0.4) is 0 Å². The molecule has 0 radical (unpaired) electrons. The van der Waals surface area contributed by atoms with Crippen molar-refractivity contribution in [1.82, 2.24) is 10.2 Å². The second kappa shape index (κ2) is 8.55. The number of hydrogen-bond donors (Lipinski definition) is 2. The highest BCUT2D eigenvalue weighted by Gasteiger charge is 2.35. The molecule has 0 spiro atoms. The molecular formula is C24H25N5O3. The molecule has 3 N–H and O–H groups in total. The number of aromatic nitrogens is 2. The number of rotatable bonds is 6. The summed E-state index contributed by atoms with van der Waals surface area (Å²) in [5.74, 6) is 1.24. The molecule has 0 bridgehead atoms. The fraction of sp³-hybridized carbons (Fsp3) is 0.250. The van der Waals surface area contributed by atoms with Crippen molar-refractivity contribution in [2.24, 2.45) is 5.73 Å². The van der Waals surface area contributed by atoms with Gasteiger partial charge in [-0.25, -0.2) is 0 Å². The second-order valence-electron chi connectivity index (χ2n) is 7.53. The maximum absolute atomic E-state index is 9.89. The van der Waals surface area contributed by atoms with Gasteiger partial charge in [0.1, 0.15) is 11.6 Å². The molecule has 0 saturated heterocycles. The minimum absolute atomic E-state index is 0.0593. The van der Waals surface area contributed by atoms with Gasteiger partial charge in [0.15, 0.2) is 11.5 Å². The molecule has 1 aromatic heterocycles. The number of methoxy groups -OCH3 is 1. The van der Waals surface area contributed by atoms with Crippen LogP contribution in [0.5, 0.6) is 17.4 Å². The zero-order chi connectivity index (χ0) is 22.8. The topological polar surface area (TPSA) is 109 Å². The highest BCUT2D eigenvalue weighted by atomic mass is 16.5. The van der Waals surface area contributed by atoms with Crippen LogP contribution in [0.25, 0.3) is 11.3 Å². The average Bonchev–Trinajstić information content (AvgIpc) is 3.22. The van der Waals surface area contributed by atoms with E-state index in [0.29, 0.717) is 29.6 Å². The van der Waals surface area contributed by atoms with Crippen LogP contribution < -0.4 is 24.8 Å². The first-order valence-corrected chi connectivity index (χ1v) is 10.2. The van der Waals surface area contributed by atoms with E-state index < -0.39 is 5.92 Å². The van der Waals surface area contributed by atoms with Crippen molar-refractivity contribution in [3.63, 3.8) is 0 Å². The van der Waals surface area contributed by atoms with Crippen molar-refractivity contribution in [2.75, 3.05) is 32.7 Å². The molecule has 0 amide bonds. The van der Waals surface area contributed by atoms with Gasteiger partial charge in [0.2, 0.25) is 11.8 Å². The Balaban J connectivity index is 1.86. The van der Waals surface area contributed by atoms with E-state index in [1.54, 1.807) is 7.11 Å². The van der Waals surface area contributed by atoms with Crippen LogP contribution in [0.4, 0.5) is 5.69 Å². The molecule has 0 unspecified atom stereocenters. The molecule has 0 aliphatic carbocycles. The van der Waals surface area contributed by atoms with E-state index in [1.807, 2.05) is 68.4 Å². The molecule has 2 aromatic carbocycles. The highest BCUT2D eigenvalue weighted by Crippen LogP contribution is 2.46. The molecule has 4 rings (SSSR count). The Labute approximate surface area is 186 Å². The summed E-state index contributed by atoms with van der Waals surface area (Å²) in [6.45, 7) is 2.45. The van der Waals surface area contributed by atoms with Crippen LogP contribution in [0, 0.1) is 11.3 Å². The van der Waals surface area contributed by atoms with Gasteiger partial charge in [-0.2, -0.15) is 5.26 Å². The number of anilines is 1.